The van der Waals surface area contributed by atoms with E-state index in [-0.39, 0.29) is 17.2 Å². The van der Waals surface area contributed by atoms with Gasteiger partial charge in [-0.2, -0.15) is 0 Å². The Kier molecular flexibility index (Phi) is 5.81. The first-order chi connectivity index (χ1) is 13.3. The highest BCUT2D eigenvalue weighted by atomic mass is 32.2. The van der Waals surface area contributed by atoms with Crippen LogP contribution in [0.1, 0.15) is 12.5 Å². The minimum Gasteiger partial charge on any atom is -0.465 e. The van der Waals surface area contributed by atoms with Gasteiger partial charge in [-0.3, -0.25) is 4.79 Å². The number of nitrogens with zero attached hydrogens (tertiary/aromatic N) is 1. The van der Waals surface area contributed by atoms with E-state index in [0.29, 0.717) is 0 Å². The molecule has 0 bridgehead atoms. The maximum atomic E-state index is 12.4. The average Bonchev–Trinajstić information content (AvgIpc) is 3.12. The number of aryl methyl sites for hydroxylation is 1. The summed E-state index contributed by atoms with van der Waals surface area (Å²) in [6, 6.07) is 12.7. The van der Waals surface area contributed by atoms with Crippen molar-refractivity contribution in [2.45, 2.75) is 18.7 Å². The van der Waals surface area contributed by atoms with Crippen LogP contribution in [0.2, 0.25) is 0 Å². The molecule has 28 heavy (non-hydrogen) atoms. The summed E-state index contributed by atoms with van der Waals surface area (Å²) in [6.45, 7) is 3.76. The second-order valence-electron chi connectivity index (χ2n) is 6.22. The first-order valence-corrected chi connectivity index (χ1v) is 11.1. The molecule has 3 aromatic rings. The number of benzene rings is 2. The maximum Gasteiger partial charge on any atom is 0.321 e. The Balaban J connectivity index is 1.87. The molecule has 2 N–H and O–H groups in total. The van der Waals surface area contributed by atoms with E-state index in [1.165, 1.54) is 23.0 Å². The van der Waals surface area contributed by atoms with Crippen molar-refractivity contribution in [3.63, 3.8) is 0 Å². The third-order valence-electron chi connectivity index (χ3n) is 4.06. The van der Waals surface area contributed by atoms with Crippen molar-refractivity contribution in [2.75, 3.05) is 18.1 Å². The molecule has 0 atom stereocenters. The lowest BCUT2D eigenvalue weighted by atomic mass is 10.1. The van der Waals surface area contributed by atoms with E-state index in [0.717, 1.165) is 21.8 Å². The molecule has 0 aliphatic heterocycles. The van der Waals surface area contributed by atoms with E-state index in [4.69, 9.17) is 10.5 Å². The molecule has 3 rings (SSSR count). The molecule has 0 saturated carbocycles. The number of sulfone groups is 1. The summed E-state index contributed by atoms with van der Waals surface area (Å²) < 4.78 is 29.5. The monoisotopic (exact) mass is 416 g/mol. The van der Waals surface area contributed by atoms with Crippen LogP contribution in [0, 0.1) is 6.92 Å². The molecule has 0 radical (unpaired) electrons. The average molecular weight is 417 g/mol. The number of nitrogens with two attached hydrogens (primary N) is 1. The van der Waals surface area contributed by atoms with Gasteiger partial charge in [0.05, 0.1) is 22.9 Å². The number of carbonyl (C=O) groups excluding carboxylic acids is 1. The molecule has 1 heterocycles. The van der Waals surface area contributed by atoms with Crippen LogP contribution in [0.5, 0.6) is 0 Å². The Hall–Kier alpha value is -2.71. The number of aromatic nitrogens is 1. The van der Waals surface area contributed by atoms with E-state index >= 15 is 0 Å². The summed E-state index contributed by atoms with van der Waals surface area (Å²) in [5.74, 6) is -1.53. The number of anilines is 1. The second-order valence-corrected chi connectivity index (χ2v) is 9.04. The zero-order valence-electron chi connectivity index (χ0n) is 15.5. The molecule has 0 aliphatic rings. The van der Waals surface area contributed by atoms with Gasteiger partial charge in [-0.25, -0.2) is 13.4 Å². The van der Waals surface area contributed by atoms with Crippen LogP contribution >= 0.6 is 11.3 Å². The Labute approximate surface area is 167 Å². The third-order valence-corrected chi connectivity index (χ3v) is 6.61. The van der Waals surface area contributed by atoms with Gasteiger partial charge in [0.25, 0.3) is 0 Å². The van der Waals surface area contributed by atoms with Gasteiger partial charge in [-0.1, -0.05) is 35.9 Å². The Morgan fingerprint density at radius 3 is 2.46 bits per heavy atom. The highest BCUT2D eigenvalue weighted by Crippen LogP contribution is 2.32. The number of carbonyl (C=O) groups is 1. The number of nitrogen functional groups attached to an aromatic ring is 1. The fraction of sp³-hybridized carbons (Fsp3) is 0.200. The highest BCUT2D eigenvalue weighted by molar-refractivity contribution is 7.92. The highest BCUT2D eigenvalue weighted by Gasteiger charge is 2.23. The molecule has 2 aromatic carbocycles. The van der Waals surface area contributed by atoms with Crippen molar-refractivity contribution < 1.29 is 17.9 Å². The predicted molar refractivity (Wildman–Crippen MR) is 111 cm³/mol. The van der Waals surface area contributed by atoms with E-state index in [1.54, 1.807) is 19.1 Å². The summed E-state index contributed by atoms with van der Waals surface area (Å²) in [7, 11) is -3.87. The molecule has 146 valence electrons. The molecule has 0 fully saturated rings. The zero-order chi connectivity index (χ0) is 20.3. The van der Waals surface area contributed by atoms with Crippen molar-refractivity contribution in [3.8, 4) is 21.8 Å². The number of hydrogen-bond donors (Lipinski definition) is 1. The molecule has 0 aliphatic carbocycles. The Morgan fingerprint density at radius 1 is 1.14 bits per heavy atom. The number of thiazole rings is 1. The zero-order valence-corrected chi connectivity index (χ0v) is 17.1. The van der Waals surface area contributed by atoms with Crippen molar-refractivity contribution in [1.29, 1.82) is 0 Å². The van der Waals surface area contributed by atoms with Gasteiger partial charge in [-0.05, 0) is 26.0 Å². The molecule has 6 nitrogen and oxygen atoms in total. The van der Waals surface area contributed by atoms with Crippen molar-refractivity contribution >= 4 is 32.8 Å². The standard InChI is InChI=1S/C20H20N2O4S2/c1-3-26-19(23)12-28(24,25)18-9-8-15(10-16(18)21)20-22-17(11-27-20)14-6-4-13(2)5-7-14/h4-11H,3,12,21H2,1-2H3. The van der Waals surface area contributed by atoms with E-state index in [9.17, 15) is 13.2 Å². The summed E-state index contributed by atoms with van der Waals surface area (Å²) in [5, 5.41) is 2.68. The normalized spacial score (nSPS) is 11.4. The minimum absolute atomic E-state index is 0.0777. The smallest absolute Gasteiger partial charge is 0.321 e. The van der Waals surface area contributed by atoms with Crippen molar-refractivity contribution in [2.24, 2.45) is 0 Å². The van der Waals surface area contributed by atoms with Gasteiger partial charge >= 0.3 is 5.97 Å². The topological polar surface area (TPSA) is 99.4 Å². The first-order valence-electron chi connectivity index (χ1n) is 8.61. The number of hydrogen-bond acceptors (Lipinski definition) is 7. The van der Waals surface area contributed by atoms with Crippen LogP contribution in [0.3, 0.4) is 0 Å². The largest absolute Gasteiger partial charge is 0.465 e. The molecule has 0 amide bonds. The number of rotatable bonds is 6. The van der Waals surface area contributed by atoms with Gasteiger partial charge < -0.3 is 10.5 Å². The lowest BCUT2D eigenvalue weighted by Gasteiger charge is -2.08. The second kappa shape index (κ2) is 8.12. The van der Waals surface area contributed by atoms with Crippen LogP contribution in [0.25, 0.3) is 21.8 Å². The van der Waals surface area contributed by atoms with Gasteiger partial charge in [0.1, 0.15) is 5.01 Å². The minimum atomic E-state index is -3.87. The summed E-state index contributed by atoms with van der Waals surface area (Å²) in [6.07, 6.45) is 0. The van der Waals surface area contributed by atoms with E-state index < -0.39 is 21.6 Å². The predicted octanol–water partition coefficient (Wildman–Crippen LogP) is 3.70. The van der Waals surface area contributed by atoms with Crippen molar-refractivity contribution in [3.05, 3.63) is 53.4 Å². The third kappa shape index (κ3) is 4.40. The molecular formula is C20H20N2O4S2. The lowest BCUT2D eigenvalue weighted by molar-refractivity contribution is -0.139. The molecule has 0 saturated heterocycles. The first kappa shape index (κ1) is 20.0. The van der Waals surface area contributed by atoms with E-state index in [2.05, 4.69) is 4.98 Å². The number of ether oxygens (including phenoxy) is 1. The SMILES string of the molecule is CCOC(=O)CS(=O)(=O)c1ccc(-c2nc(-c3ccc(C)cc3)cs2)cc1N. The fourth-order valence-corrected chi connectivity index (χ4v) is 4.73. The van der Waals surface area contributed by atoms with Gasteiger partial charge in [0.2, 0.25) is 0 Å². The molecular weight excluding hydrogens is 396 g/mol. The molecule has 8 heteroatoms. The molecule has 1 aromatic heterocycles. The van der Waals surface area contributed by atoms with Crippen LogP contribution in [0.15, 0.2) is 52.7 Å². The quantitative estimate of drug-likeness (QED) is 0.486. The fourth-order valence-electron chi connectivity index (χ4n) is 2.66. The molecule has 0 unspecified atom stereocenters. The Bertz CT molecular complexity index is 1100. The summed E-state index contributed by atoms with van der Waals surface area (Å²) in [5.41, 5.74) is 9.80. The van der Waals surface area contributed by atoms with Crippen LogP contribution in [0.4, 0.5) is 5.69 Å². The summed E-state index contributed by atoms with van der Waals surface area (Å²) >= 11 is 1.45. The van der Waals surface area contributed by atoms with Crippen LogP contribution in [-0.2, 0) is 19.4 Å². The molecule has 0 spiro atoms. The number of esters is 1. The van der Waals surface area contributed by atoms with Gasteiger partial charge in [-0.15, -0.1) is 11.3 Å². The Morgan fingerprint density at radius 2 is 1.82 bits per heavy atom. The van der Waals surface area contributed by atoms with Crippen molar-refractivity contribution in [1.82, 2.24) is 4.98 Å². The van der Waals surface area contributed by atoms with Crippen LogP contribution in [-0.4, -0.2) is 31.7 Å². The van der Waals surface area contributed by atoms with Gasteiger partial charge in [0, 0.05) is 16.5 Å². The van der Waals surface area contributed by atoms with E-state index in [1.807, 2.05) is 36.6 Å². The van der Waals surface area contributed by atoms with Gasteiger partial charge in [0.15, 0.2) is 15.6 Å². The van der Waals surface area contributed by atoms with Crippen LogP contribution < -0.4 is 5.73 Å². The summed E-state index contributed by atoms with van der Waals surface area (Å²) in [4.78, 5) is 16.1. The lowest BCUT2D eigenvalue weighted by Crippen LogP contribution is -2.19. The maximum absolute atomic E-state index is 12.4.